The highest BCUT2D eigenvalue weighted by Gasteiger charge is 2.18. The Kier molecular flexibility index (Phi) is 4.46. The first-order valence-electron chi connectivity index (χ1n) is 5.29. The summed E-state index contributed by atoms with van der Waals surface area (Å²) in [6.45, 7) is 1.47. The molecule has 0 saturated carbocycles. The van der Waals surface area contributed by atoms with E-state index in [-0.39, 0.29) is 22.6 Å². The van der Waals surface area contributed by atoms with Crippen LogP contribution in [0.2, 0.25) is 0 Å². The Balaban J connectivity index is 3.48. The second-order valence-corrected chi connectivity index (χ2v) is 3.71. The number of nitro benzene ring substituents is 1. The van der Waals surface area contributed by atoms with Gasteiger partial charge in [-0.05, 0) is 19.1 Å². The first-order valence-corrected chi connectivity index (χ1v) is 5.29. The van der Waals surface area contributed by atoms with E-state index in [1.54, 1.807) is 0 Å². The van der Waals surface area contributed by atoms with Crippen molar-refractivity contribution < 1.29 is 19.2 Å². The SMILES string of the molecule is COc1cc(C=C(C)C(N)=O)c([N+](=O)[O-])cc1OC. The van der Waals surface area contributed by atoms with Crippen molar-refractivity contribution in [3.05, 3.63) is 33.4 Å². The summed E-state index contributed by atoms with van der Waals surface area (Å²) >= 11 is 0. The summed E-state index contributed by atoms with van der Waals surface area (Å²) in [6, 6.07) is 2.66. The number of nitrogens with two attached hydrogens (primary N) is 1. The minimum Gasteiger partial charge on any atom is -0.493 e. The number of primary amides is 1. The van der Waals surface area contributed by atoms with Crippen LogP contribution in [0.5, 0.6) is 11.5 Å². The second kappa shape index (κ2) is 5.85. The molecule has 0 aliphatic carbocycles. The van der Waals surface area contributed by atoms with Crippen molar-refractivity contribution >= 4 is 17.7 Å². The van der Waals surface area contributed by atoms with Gasteiger partial charge in [0.25, 0.3) is 5.69 Å². The summed E-state index contributed by atoms with van der Waals surface area (Å²) in [7, 11) is 2.80. The van der Waals surface area contributed by atoms with Crippen LogP contribution >= 0.6 is 0 Å². The number of amides is 1. The molecule has 7 nitrogen and oxygen atoms in total. The molecule has 0 aliphatic rings. The third-order valence-corrected chi connectivity index (χ3v) is 2.49. The van der Waals surface area contributed by atoms with Crippen molar-refractivity contribution in [1.29, 1.82) is 0 Å². The molecular weight excluding hydrogens is 252 g/mol. The third-order valence-electron chi connectivity index (χ3n) is 2.49. The minimum atomic E-state index is -0.649. The van der Waals surface area contributed by atoms with Crippen molar-refractivity contribution in [2.75, 3.05) is 14.2 Å². The van der Waals surface area contributed by atoms with E-state index < -0.39 is 10.8 Å². The van der Waals surface area contributed by atoms with E-state index in [4.69, 9.17) is 15.2 Å². The van der Waals surface area contributed by atoms with Gasteiger partial charge in [0.15, 0.2) is 11.5 Å². The largest absolute Gasteiger partial charge is 0.493 e. The molecule has 0 unspecified atom stereocenters. The Bertz CT molecular complexity index is 551. The Hall–Kier alpha value is -2.57. The number of benzene rings is 1. The Morgan fingerprint density at radius 1 is 1.32 bits per heavy atom. The maximum absolute atomic E-state index is 11.0. The van der Waals surface area contributed by atoms with Crippen LogP contribution in [0, 0.1) is 10.1 Å². The smallest absolute Gasteiger partial charge is 0.280 e. The van der Waals surface area contributed by atoms with Crippen molar-refractivity contribution in [3.63, 3.8) is 0 Å². The van der Waals surface area contributed by atoms with Crippen LogP contribution in [0.15, 0.2) is 17.7 Å². The maximum Gasteiger partial charge on any atom is 0.280 e. The number of hydrogen-bond acceptors (Lipinski definition) is 5. The standard InChI is InChI=1S/C12H14N2O5/c1-7(12(13)15)4-8-5-10(18-2)11(19-3)6-9(8)14(16)17/h4-6H,1-3H3,(H2,13,15). The fourth-order valence-electron chi connectivity index (χ4n) is 1.46. The Morgan fingerprint density at radius 3 is 2.26 bits per heavy atom. The van der Waals surface area contributed by atoms with E-state index >= 15 is 0 Å². The van der Waals surface area contributed by atoms with Gasteiger partial charge in [-0.1, -0.05) is 0 Å². The highest BCUT2D eigenvalue weighted by atomic mass is 16.6. The van der Waals surface area contributed by atoms with Crippen molar-refractivity contribution in [2.24, 2.45) is 5.73 Å². The normalized spacial score (nSPS) is 11.0. The molecule has 19 heavy (non-hydrogen) atoms. The van der Waals surface area contributed by atoms with Crippen LogP contribution in [0.4, 0.5) is 5.69 Å². The van der Waals surface area contributed by atoms with E-state index in [9.17, 15) is 14.9 Å². The van der Waals surface area contributed by atoms with E-state index in [0.29, 0.717) is 5.75 Å². The van der Waals surface area contributed by atoms with Gasteiger partial charge in [-0.2, -0.15) is 0 Å². The van der Waals surface area contributed by atoms with Gasteiger partial charge >= 0.3 is 0 Å². The maximum atomic E-state index is 11.0. The lowest BCUT2D eigenvalue weighted by molar-refractivity contribution is -0.385. The van der Waals surface area contributed by atoms with Gasteiger partial charge in [0.1, 0.15) is 0 Å². The molecule has 7 heteroatoms. The molecule has 2 N–H and O–H groups in total. The number of nitrogens with zero attached hydrogens (tertiary/aromatic N) is 1. The summed E-state index contributed by atoms with van der Waals surface area (Å²) in [5.41, 5.74) is 5.33. The van der Waals surface area contributed by atoms with Crippen LogP contribution in [-0.4, -0.2) is 25.1 Å². The average molecular weight is 266 g/mol. The third kappa shape index (κ3) is 3.21. The lowest BCUT2D eigenvalue weighted by Crippen LogP contribution is -2.11. The summed E-state index contributed by atoms with van der Waals surface area (Å²) in [5.74, 6) is -0.0798. The number of hydrogen-bond donors (Lipinski definition) is 1. The second-order valence-electron chi connectivity index (χ2n) is 3.71. The highest BCUT2D eigenvalue weighted by Crippen LogP contribution is 2.35. The molecule has 0 radical (unpaired) electrons. The molecule has 1 amide bonds. The summed E-state index contributed by atoms with van der Waals surface area (Å²) in [6.07, 6.45) is 1.34. The number of ether oxygens (including phenoxy) is 2. The molecular formula is C12H14N2O5. The van der Waals surface area contributed by atoms with E-state index in [1.807, 2.05) is 0 Å². The highest BCUT2D eigenvalue weighted by molar-refractivity contribution is 5.96. The van der Waals surface area contributed by atoms with Gasteiger partial charge in [-0.25, -0.2) is 0 Å². The molecule has 1 aromatic carbocycles. The number of nitro groups is 1. The lowest BCUT2D eigenvalue weighted by atomic mass is 10.1. The topological polar surface area (TPSA) is 105 Å². The number of rotatable bonds is 5. The predicted octanol–water partition coefficient (Wildman–Crippen LogP) is 1.50. The zero-order valence-corrected chi connectivity index (χ0v) is 10.8. The van der Waals surface area contributed by atoms with Crippen LogP contribution in [0.25, 0.3) is 6.08 Å². The first kappa shape index (κ1) is 14.5. The van der Waals surface area contributed by atoms with Crippen LogP contribution in [0.3, 0.4) is 0 Å². The summed E-state index contributed by atoms with van der Waals surface area (Å²) in [5, 5.41) is 11.0. The van der Waals surface area contributed by atoms with Gasteiger partial charge in [-0.15, -0.1) is 0 Å². The lowest BCUT2D eigenvalue weighted by Gasteiger charge is -2.09. The van der Waals surface area contributed by atoms with Crippen molar-refractivity contribution in [1.82, 2.24) is 0 Å². The summed E-state index contributed by atoms with van der Waals surface area (Å²) < 4.78 is 10.1. The molecule has 0 spiro atoms. The molecule has 1 aromatic rings. The molecule has 0 atom stereocenters. The van der Waals surface area contributed by atoms with Crippen LogP contribution < -0.4 is 15.2 Å². The Labute approximate surface area is 109 Å². The fraction of sp³-hybridized carbons (Fsp3) is 0.250. The molecule has 0 heterocycles. The van der Waals surface area contributed by atoms with Gasteiger partial charge in [0.05, 0.1) is 30.8 Å². The van der Waals surface area contributed by atoms with Crippen molar-refractivity contribution in [3.8, 4) is 11.5 Å². The fourth-order valence-corrected chi connectivity index (χ4v) is 1.46. The molecule has 1 rings (SSSR count). The van der Waals surface area contributed by atoms with Gasteiger partial charge < -0.3 is 15.2 Å². The number of carbonyl (C=O) groups is 1. The molecule has 0 bridgehead atoms. The Morgan fingerprint density at radius 2 is 1.84 bits per heavy atom. The molecule has 102 valence electrons. The zero-order chi connectivity index (χ0) is 14.6. The van der Waals surface area contributed by atoms with Gasteiger partial charge in [0, 0.05) is 5.57 Å². The number of methoxy groups -OCH3 is 2. The molecule has 0 aromatic heterocycles. The molecule has 0 saturated heterocycles. The minimum absolute atomic E-state index is 0.196. The average Bonchev–Trinajstić information content (AvgIpc) is 2.37. The van der Waals surface area contributed by atoms with Crippen LogP contribution in [-0.2, 0) is 4.79 Å². The quantitative estimate of drug-likeness (QED) is 0.494. The first-order chi connectivity index (χ1) is 8.90. The molecule has 0 aliphatic heterocycles. The van der Waals surface area contributed by atoms with Crippen molar-refractivity contribution in [2.45, 2.75) is 6.92 Å². The summed E-state index contributed by atoms with van der Waals surface area (Å²) in [4.78, 5) is 21.4. The predicted molar refractivity (Wildman–Crippen MR) is 69.0 cm³/mol. The van der Waals surface area contributed by atoms with Gasteiger partial charge in [-0.3, -0.25) is 14.9 Å². The van der Waals surface area contributed by atoms with E-state index in [2.05, 4.69) is 0 Å². The van der Waals surface area contributed by atoms with E-state index in [1.165, 1.54) is 39.4 Å². The van der Waals surface area contributed by atoms with Gasteiger partial charge in [0.2, 0.25) is 5.91 Å². The zero-order valence-electron chi connectivity index (χ0n) is 10.8. The number of carbonyl (C=O) groups excluding carboxylic acids is 1. The monoisotopic (exact) mass is 266 g/mol. The van der Waals surface area contributed by atoms with Crippen LogP contribution in [0.1, 0.15) is 12.5 Å². The van der Waals surface area contributed by atoms with E-state index in [0.717, 1.165) is 0 Å². The molecule has 0 fully saturated rings.